The van der Waals surface area contributed by atoms with E-state index < -0.39 is 16.0 Å². The molecule has 1 atom stereocenters. The van der Waals surface area contributed by atoms with Crippen molar-refractivity contribution in [3.05, 3.63) is 40.3 Å². The lowest BCUT2D eigenvalue weighted by molar-refractivity contribution is -0.117. The summed E-state index contributed by atoms with van der Waals surface area (Å²) >= 11 is 1.46. The number of hydrogen-bond acceptors (Lipinski definition) is 8. The molecule has 2 heterocycles. The highest BCUT2D eigenvalue weighted by Gasteiger charge is 2.31. The molecule has 190 valence electrons. The molecule has 1 N–H and O–H groups in total. The fraction of sp³-hybridized carbons (Fsp3) is 0.500. The Labute approximate surface area is 210 Å². The molecule has 9 nitrogen and oxygen atoms in total. The van der Waals surface area contributed by atoms with Gasteiger partial charge in [-0.3, -0.25) is 9.69 Å². The van der Waals surface area contributed by atoms with Crippen molar-refractivity contribution in [1.82, 2.24) is 9.21 Å². The first kappa shape index (κ1) is 25.6. The second-order valence-electron chi connectivity index (χ2n) is 8.95. The van der Waals surface area contributed by atoms with Crippen molar-refractivity contribution in [3.63, 3.8) is 0 Å². The molecule has 4 rings (SSSR count). The lowest BCUT2D eigenvalue weighted by Gasteiger charge is -2.33. The summed E-state index contributed by atoms with van der Waals surface area (Å²) < 4.78 is 37.4. The maximum Gasteiger partial charge on any atom is 0.341 e. The molecule has 35 heavy (non-hydrogen) atoms. The van der Waals surface area contributed by atoms with Gasteiger partial charge in [0.2, 0.25) is 15.9 Å². The van der Waals surface area contributed by atoms with Crippen LogP contribution in [0.1, 0.15) is 34.1 Å². The number of esters is 1. The highest BCUT2D eigenvalue weighted by molar-refractivity contribution is 7.89. The number of piperazine rings is 1. The molecule has 1 aromatic heterocycles. The zero-order chi connectivity index (χ0) is 25.2. The summed E-state index contributed by atoms with van der Waals surface area (Å²) in [4.78, 5) is 28.6. The molecule has 0 saturated carbocycles. The van der Waals surface area contributed by atoms with E-state index in [4.69, 9.17) is 9.47 Å². The van der Waals surface area contributed by atoms with Crippen molar-refractivity contribution in [1.29, 1.82) is 0 Å². The molecular weight excluding hydrogens is 490 g/mol. The van der Waals surface area contributed by atoms with Crippen molar-refractivity contribution < 1.29 is 27.5 Å². The quantitative estimate of drug-likeness (QED) is 0.559. The van der Waals surface area contributed by atoms with Crippen LogP contribution in [0.15, 0.2) is 29.2 Å². The molecule has 0 bridgehead atoms. The number of hydrogen-bond donors (Lipinski definition) is 1. The number of carbonyl (C=O) groups excluding carboxylic acids is 2. The number of amides is 1. The molecule has 1 aromatic carbocycles. The Morgan fingerprint density at radius 3 is 2.43 bits per heavy atom. The number of nitrogens with one attached hydrogen (secondary N) is 1. The van der Waals surface area contributed by atoms with E-state index in [1.807, 2.05) is 4.90 Å². The first-order valence-corrected chi connectivity index (χ1v) is 13.9. The number of sulfonamides is 1. The van der Waals surface area contributed by atoms with Crippen LogP contribution >= 0.6 is 11.3 Å². The van der Waals surface area contributed by atoms with Gasteiger partial charge in [-0.2, -0.15) is 4.31 Å². The van der Waals surface area contributed by atoms with Gasteiger partial charge in [-0.05, 0) is 55.0 Å². The average Bonchev–Trinajstić information content (AvgIpc) is 3.20. The van der Waals surface area contributed by atoms with Gasteiger partial charge in [-0.1, -0.05) is 6.92 Å². The summed E-state index contributed by atoms with van der Waals surface area (Å²) in [6.07, 6.45) is 2.70. The molecule has 11 heteroatoms. The number of thiophene rings is 1. The molecule has 2 aliphatic rings. The van der Waals surface area contributed by atoms with E-state index in [1.54, 1.807) is 12.1 Å². The van der Waals surface area contributed by atoms with Crippen molar-refractivity contribution >= 4 is 38.2 Å². The molecule has 1 unspecified atom stereocenters. The maximum absolute atomic E-state index is 13.0. The Hall–Kier alpha value is -2.47. The normalized spacial score (nSPS) is 19.1. The number of methoxy groups -OCH3 is 2. The third-order valence-electron chi connectivity index (χ3n) is 6.55. The number of anilines is 1. The predicted molar refractivity (Wildman–Crippen MR) is 134 cm³/mol. The SMILES string of the molecule is COC(=O)c1c(NC(=O)CN2CCN(S(=O)(=O)c3ccc(OC)cc3)CC2)sc2c1CCC(C)C2. The first-order chi connectivity index (χ1) is 16.7. The third-order valence-corrected chi connectivity index (χ3v) is 9.63. The Kier molecular flexibility index (Phi) is 7.80. The second kappa shape index (κ2) is 10.7. The summed E-state index contributed by atoms with van der Waals surface area (Å²) in [6, 6.07) is 6.32. The van der Waals surface area contributed by atoms with Gasteiger partial charge < -0.3 is 14.8 Å². The Bertz CT molecular complexity index is 1180. The zero-order valence-electron chi connectivity index (χ0n) is 20.2. The number of benzene rings is 1. The topological polar surface area (TPSA) is 105 Å². The van der Waals surface area contributed by atoms with Crippen LogP contribution in [-0.2, 0) is 32.4 Å². The molecule has 1 fully saturated rings. The number of ether oxygens (including phenoxy) is 2. The molecule has 2 aromatic rings. The van der Waals surface area contributed by atoms with Gasteiger partial charge in [0.05, 0.1) is 31.2 Å². The average molecular weight is 522 g/mol. The Morgan fingerprint density at radius 1 is 1.11 bits per heavy atom. The lowest BCUT2D eigenvalue weighted by atomic mass is 9.88. The van der Waals surface area contributed by atoms with Gasteiger partial charge in [-0.15, -0.1) is 11.3 Å². The van der Waals surface area contributed by atoms with Gasteiger partial charge in [0.25, 0.3) is 0 Å². The number of nitrogens with zero attached hydrogens (tertiary/aromatic N) is 2. The summed E-state index contributed by atoms with van der Waals surface area (Å²) in [7, 11) is -0.731. The minimum absolute atomic E-state index is 0.121. The van der Waals surface area contributed by atoms with Crippen molar-refractivity contribution in [2.45, 2.75) is 31.1 Å². The fourth-order valence-corrected chi connectivity index (χ4v) is 7.39. The van der Waals surface area contributed by atoms with Crippen LogP contribution in [0, 0.1) is 5.92 Å². The minimum atomic E-state index is -3.61. The summed E-state index contributed by atoms with van der Waals surface area (Å²) in [5.74, 6) is 0.481. The van der Waals surface area contributed by atoms with E-state index in [1.165, 1.54) is 42.0 Å². The molecule has 1 amide bonds. The van der Waals surface area contributed by atoms with Gasteiger partial charge in [0.15, 0.2) is 0 Å². The van der Waals surface area contributed by atoms with E-state index in [-0.39, 0.29) is 17.3 Å². The van der Waals surface area contributed by atoms with Gasteiger partial charge in [0.1, 0.15) is 10.8 Å². The van der Waals surface area contributed by atoms with Gasteiger partial charge >= 0.3 is 5.97 Å². The van der Waals surface area contributed by atoms with Gasteiger partial charge in [0, 0.05) is 31.1 Å². The highest BCUT2D eigenvalue weighted by atomic mass is 32.2. The van der Waals surface area contributed by atoms with Crippen molar-refractivity contribution in [2.75, 3.05) is 52.3 Å². The minimum Gasteiger partial charge on any atom is -0.497 e. The molecule has 0 spiro atoms. The van der Waals surface area contributed by atoms with E-state index in [0.29, 0.717) is 48.4 Å². The summed E-state index contributed by atoms with van der Waals surface area (Å²) in [5.41, 5.74) is 1.47. The van der Waals surface area contributed by atoms with Crippen LogP contribution in [0.3, 0.4) is 0 Å². The summed E-state index contributed by atoms with van der Waals surface area (Å²) in [5, 5.41) is 3.46. The Balaban J connectivity index is 1.37. The predicted octanol–water partition coefficient (Wildman–Crippen LogP) is 2.61. The highest BCUT2D eigenvalue weighted by Crippen LogP contribution is 2.40. The largest absolute Gasteiger partial charge is 0.497 e. The Morgan fingerprint density at radius 2 is 1.80 bits per heavy atom. The standard InChI is InChI=1S/C24H31N3O6S2/c1-16-4-9-19-20(14-16)34-23(22(19)24(29)33-3)25-21(28)15-26-10-12-27(13-11-26)35(30,31)18-7-5-17(32-2)6-8-18/h5-8,16H,4,9-15H2,1-3H3,(H,25,28). The van der Waals surface area contributed by atoms with Crippen LogP contribution in [0.4, 0.5) is 5.00 Å². The molecule has 1 aliphatic carbocycles. The fourth-order valence-electron chi connectivity index (χ4n) is 4.55. The monoisotopic (exact) mass is 521 g/mol. The van der Waals surface area contributed by atoms with Crippen molar-refractivity contribution in [2.24, 2.45) is 5.92 Å². The first-order valence-electron chi connectivity index (χ1n) is 11.6. The van der Waals surface area contributed by atoms with Crippen LogP contribution in [0.5, 0.6) is 5.75 Å². The number of fused-ring (bicyclic) bond motifs is 1. The molecule has 0 radical (unpaired) electrons. The molecule has 1 saturated heterocycles. The zero-order valence-corrected chi connectivity index (χ0v) is 21.8. The number of carbonyl (C=O) groups is 2. The van der Waals surface area contributed by atoms with Crippen LogP contribution < -0.4 is 10.1 Å². The van der Waals surface area contributed by atoms with Crippen molar-refractivity contribution in [3.8, 4) is 5.75 Å². The van der Waals surface area contributed by atoms with Crippen LogP contribution in [0.25, 0.3) is 0 Å². The van der Waals surface area contributed by atoms with Gasteiger partial charge in [-0.25, -0.2) is 13.2 Å². The van der Waals surface area contributed by atoms with E-state index in [0.717, 1.165) is 29.7 Å². The maximum atomic E-state index is 13.0. The summed E-state index contributed by atoms with van der Waals surface area (Å²) in [6.45, 7) is 3.76. The second-order valence-corrected chi connectivity index (χ2v) is 12.0. The lowest BCUT2D eigenvalue weighted by Crippen LogP contribution is -2.50. The molecule has 1 aliphatic heterocycles. The van der Waals surface area contributed by atoms with E-state index >= 15 is 0 Å². The van der Waals surface area contributed by atoms with Crippen LogP contribution in [-0.4, -0.2) is 76.4 Å². The van der Waals surface area contributed by atoms with E-state index in [2.05, 4.69) is 12.2 Å². The van der Waals surface area contributed by atoms with Crippen LogP contribution in [0.2, 0.25) is 0 Å². The molecular formula is C24H31N3O6S2. The van der Waals surface area contributed by atoms with E-state index in [9.17, 15) is 18.0 Å². The smallest absolute Gasteiger partial charge is 0.341 e. The third kappa shape index (κ3) is 5.53. The number of rotatable bonds is 7.